The molecule has 0 radical (unpaired) electrons. The van der Waals surface area contributed by atoms with Crippen LogP contribution in [0.5, 0.6) is 0 Å². The van der Waals surface area contributed by atoms with Crippen LogP contribution in [-0.2, 0) is 13.6 Å². The second kappa shape index (κ2) is 7.61. The van der Waals surface area contributed by atoms with Gasteiger partial charge in [0, 0.05) is 63.6 Å². The normalized spacial score (nSPS) is 19.4. The monoisotopic (exact) mass is 330 g/mol. The van der Waals surface area contributed by atoms with Crippen LogP contribution in [0.15, 0.2) is 35.6 Å². The summed E-state index contributed by atoms with van der Waals surface area (Å²) in [5.74, 6) is 0.565. The van der Waals surface area contributed by atoms with E-state index in [9.17, 15) is 4.79 Å². The summed E-state index contributed by atoms with van der Waals surface area (Å²) in [4.78, 5) is 18.7. The van der Waals surface area contributed by atoms with Crippen molar-refractivity contribution in [3.63, 3.8) is 0 Å². The number of piperidine rings is 1. The van der Waals surface area contributed by atoms with E-state index in [0.29, 0.717) is 17.9 Å². The Kier molecular flexibility index (Phi) is 5.30. The van der Waals surface area contributed by atoms with Gasteiger partial charge >= 0.3 is 0 Å². The summed E-state index contributed by atoms with van der Waals surface area (Å²) in [6.45, 7) is 4.85. The lowest BCUT2D eigenvalue weighted by molar-refractivity contribution is 0.359. The molecular weight excluding hydrogens is 304 g/mol. The maximum Gasteiger partial charge on any atom is 0.293 e. The zero-order valence-electron chi connectivity index (χ0n) is 14.4. The van der Waals surface area contributed by atoms with Crippen LogP contribution in [0.25, 0.3) is 0 Å². The van der Waals surface area contributed by atoms with Gasteiger partial charge in [0.1, 0.15) is 0 Å². The van der Waals surface area contributed by atoms with Gasteiger partial charge in [-0.1, -0.05) is 0 Å². The molecule has 1 N–H and O–H groups in total. The van der Waals surface area contributed by atoms with Crippen molar-refractivity contribution in [2.24, 2.45) is 7.05 Å². The van der Waals surface area contributed by atoms with E-state index in [0.717, 1.165) is 38.9 Å². The molecule has 3 rings (SSSR count). The van der Waals surface area contributed by atoms with Crippen LogP contribution in [0.2, 0.25) is 0 Å². The largest absolute Gasteiger partial charge is 0.350 e. The zero-order chi connectivity index (χ0) is 16.9. The van der Waals surface area contributed by atoms with E-state index in [-0.39, 0.29) is 5.56 Å². The molecule has 0 aliphatic carbocycles. The first-order valence-corrected chi connectivity index (χ1v) is 8.63. The summed E-state index contributed by atoms with van der Waals surface area (Å²) in [5, 5.41) is 7.94. The molecule has 2 unspecified atom stereocenters. The predicted octanol–water partition coefficient (Wildman–Crippen LogP) is 1.01. The van der Waals surface area contributed by atoms with Crippen LogP contribution in [0.4, 0.5) is 5.82 Å². The second-order valence-electron chi connectivity index (χ2n) is 6.58. The van der Waals surface area contributed by atoms with Gasteiger partial charge in [-0.3, -0.25) is 9.48 Å². The Labute approximate surface area is 142 Å². The number of anilines is 1. The highest BCUT2D eigenvalue weighted by Crippen LogP contribution is 2.15. The van der Waals surface area contributed by atoms with Gasteiger partial charge in [0.2, 0.25) is 0 Å². The van der Waals surface area contributed by atoms with Crippen LogP contribution in [0.3, 0.4) is 0 Å². The fourth-order valence-electron chi connectivity index (χ4n) is 3.25. The molecule has 3 heterocycles. The Morgan fingerprint density at radius 3 is 3.04 bits per heavy atom. The molecule has 0 spiro atoms. The minimum atomic E-state index is -0.0233. The van der Waals surface area contributed by atoms with E-state index in [1.165, 1.54) is 0 Å². The standard InChI is InChI=1S/C17H26N6O/c1-14(6-11-23-10-4-7-19-23)20-15-5-3-9-22(13-15)16-17(24)21(2)12-8-18-16/h4,7-8,10,12,14-15,20H,3,5-6,9,11,13H2,1-2H3. The van der Waals surface area contributed by atoms with Crippen LogP contribution in [-0.4, -0.2) is 44.5 Å². The molecule has 2 atom stereocenters. The van der Waals surface area contributed by atoms with Crippen molar-refractivity contribution in [3.05, 3.63) is 41.2 Å². The molecule has 130 valence electrons. The third kappa shape index (κ3) is 4.03. The Morgan fingerprint density at radius 2 is 2.25 bits per heavy atom. The van der Waals surface area contributed by atoms with E-state index in [1.807, 2.05) is 23.1 Å². The van der Waals surface area contributed by atoms with Crippen molar-refractivity contribution in [2.75, 3.05) is 18.0 Å². The minimum absolute atomic E-state index is 0.0233. The van der Waals surface area contributed by atoms with Crippen LogP contribution in [0, 0.1) is 0 Å². The highest BCUT2D eigenvalue weighted by atomic mass is 16.1. The summed E-state index contributed by atoms with van der Waals surface area (Å²) >= 11 is 0. The molecule has 1 aliphatic heterocycles. The van der Waals surface area contributed by atoms with E-state index in [2.05, 4.69) is 27.2 Å². The molecular formula is C17H26N6O. The van der Waals surface area contributed by atoms with E-state index in [1.54, 1.807) is 24.0 Å². The maximum absolute atomic E-state index is 12.3. The first-order chi connectivity index (χ1) is 11.6. The summed E-state index contributed by atoms with van der Waals surface area (Å²) in [7, 11) is 1.77. The third-order valence-electron chi connectivity index (χ3n) is 4.59. The van der Waals surface area contributed by atoms with Crippen molar-refractivity contribution >= 4 is 5.82 Å². The Balaban J connectivity index is 1.55. The number of hydrogen-bond donors (Lipinski definition) is 1. The lowest BCUT2D eigenvalue weighted by Gasteiger charge is -2.35. The van der Waals surface area contributed by atoms with E-state index < -0.39 is 0 Å². The smallest absolute Gasteiger partial charge is 0.293 e. The quantitative estimate of drug-likeness (QED) is 0.856. The zero-order valence-corrected chi connectivity index (χ0v) is 14.4. The van der Waals surface area contributed by atoms with Gasteiger partial charge in [0.15, 0.2) is 5.82 Å². The topological polar surface area (TPSA) is 68.0 Å². The molecule has 0 aromatic carbocycles. The summed E-state index contributed by atoms with van der Waals surface area (Å²) in [6.07, 6.45) is 10.4. The van der Waals surface area contributed by atoms with Gasteiger partial charge in [-0.2, -0.15) is 5.10 Å². The molecule has 1 saturated heterocycles. The SMILES string of the molecule is CC(CCn1cccn1)NC1CCCN(c2nccn(C)c2=O)C1. The number of rotatable bonds is 6. The Morgan fingerprint density at radius 1 is 1.38 bits per heavy atom. The number of nitrogens with one attached hydrogen (secondary N) is 1. The molecule has 7 nitrogen and oxygen atoms in total. The number of nitrogens with zero attached hydrogens (tertiary/aromatic N) is 5. The molecule has 0 amide bonds. The number of hydrogen-bond acceptors (Lipinski definition) is 5. The summed E-state index contributed by atoms with van der Waals surface area (Å²) < 4.78 is 3.55. The van der Waals surface area contributed by atoms with Crippen molar-refractivity contribution in [1.29, 1.82) is 0 Å². The maximum atomic E-state index is 12.3. The van der Waals surface area contributed by atoms with Gasteiger partial charge in [0.05, 0.1) is 0 Å². The molecule has 0 bridgehead atoms. The number of aromatic nitrogens is 4. The second-order valence-corrected chi connectivity index (χ2v) is 6.58. The average Bonchev–Trinajstić information content (AvgIpc) is 3.09. The van der Waals surface area contributed by atoms with Gasteiger partial charge in [-0.15, -0.1) is 0 Å². The fourth-order valence-corrected chi connectivity index (χ4v) is 3.25. The molecule has 7 heteroatoms. The van der Waals surface area contributed by atoms with Crippen LogP contribution >= 0.6 is 0 Å². The van der Waals surface area contributed by atoms with Crippen molar-refractivity contribution in [1.82, 2.24) is 24.6 Å². The minimum Gasteiger partial charge on any atom is -0.350 e. The molecule has 1 aliphatic rings. The van der Waals surface area contributed by atoms with Crippen LogP contribution < -0.4 is 15.8 Å². The van der Waals surface area contributed by atoms with Gasteiger partial charge in [-0.25, -0.2) is 4.98 Å². The van der Waals surface area contributed by atoms with Gasteiger partial charge in [0.25, 0.3) is 5.56 Å². The molecule has 1 fully saturated rings. The molecule has 24 heavy (non-hydrogen) atoms. The van der Waals surface area contributed by atoms with Crippen LogP contribution in [0.1, 0.15) is 26.2 Å². The van der Waals surface area contributed by atoms with Gasteiger partial charge in [-0.05, 0) is 32.3 Å². The average molecular weight is 330 g/mol. The van der Waals surface area contributed by atoms with Crippen molar-refractivity contribution in [2.45, 2.75) is 44.8 Å². The summed E-state index contributed by atoms with van der Waals surface area (Å²) in [5.41, 5.74) is -0.0233. The highest BCUT2D eigenvalue weighted by molar-refractivity contribution is 5.36. The lowest BCUT2D eigenvalue weighted by atomic mass is 10.0. The van der Waals surface area contributed by atoms with Gasteiger partial charge < -0.3 is 14.8 Å². The molecule has 0 saturated carbocycles. The third-order valence-corrected chi connectivity index (χ3v) is 4.59. The summed E-state index contributed by atoms with van der Waals surface area (Å²) in [6, 6.07) is 2.74. The highest BCUT2D eigenvalue weighted by Gasteiger charge is 2.23. The predicted molar refractivity (Wildman–Crippen MR) is 94.2 cm³/mol. The van der Waals surface area contributed by atoms with E-state index in [4.69, 9.17) is 0 Å². The van der Waals surface area contributed by atoms with Crippen molar-refractivity contribution < 1.29 is 0 Å². The molecule has 2 aromatic heterocycles. The Bertz CT molecular complexity index is 695. The fraction of sp³-hybridized carbons (Fsp3) is 0.588. The van der Waals surface area contributed by atoms with Crippen molar-refractivity contribution in [3.8, 4) is 0 Å². The number of aryl methyl sites for hydroxylation is 2. The first-order valence-electron chi connectivity index (χ1n) is 8.63. The molecule has 2 aromatic rings. The lowest BCUT2D eigenvalue weighted by Crippen LogP contribution is -2.50. The van der Waals surface area contributed by atoms with E-state index >= 15 is 0 Å². The Hall–Kier alpha value is -2.15. The first kappa shape index (κ1) is 16.7.